The summed E-state index contributed by atoms with van der Waals surface area (Å²) in [5.41, 5.74) is 8.10. The second kappa shape index (κ2) is 8.11. The van der Waals surface area contributed by atoms with Crippen LogP contribution < -0.4 is 21.3 Å². The predicted octanol–water partition coefficient (Wildman–Crippen LogP) is 0.810. The number of pyridine rings is 1. The number of aryl methyl sites for hydroxylation is 1. The summed E-state index contributed by atoms with van der Waals surface area (Å²) in [6.45, 7) is 2.16. The molecule has 1 aromatic carbocycles. The minimum Gasteiger partial charge on any atom is -0.378 e. The molecule has 0 aliphatic rings. The standard InChI is InChI=1S/C18H21N5O3/c1-11-9-13(23(2)3)8-7-12(11)10-20-17(25)18(26)22-15-6-4-5-14(21-15)16(19)24/h4-9H,10H2,1-3H3,(H2,19,24)(H,20,25)(H,21,22,26). The molecule has 8 heteroatoms. The summed E-state index contributed by atoms with van der Waals surface area (Å²) in [4.78, 5) is 40.9. The largest absolute Gasteiger partial charge is 0.378 e. The fourth-order valence-electron chi connectivity index (χ4n) is 2.23. The Balaban J connectivity index is 1.96. The van der Waals surface area contributed by atoms with E-state index in [1.54, 1.807) is 0 Å². The van der Waals surface area contributed by atoms with E-state index in [1.165, 1.54) is 18.2 Å². The highest BCUT2D eigenvalue weighted by molar-refractivity contribution is 6.39. The first kappa shape index (κ1) is 18.9. The summed E-state index contributed by atoms with van der Waals surface area (Å²) >= 11 is 0. The number of hydrogen-bond donors (Lipinski definition) is 3. The van der Waals surface area contributed by atoms with Crippen LogP contribution >= 0.6 is 0 Å². The molecule has 0 atom stereocenters. The number of anilines is 2. The Morgan fingerprint density at radius 2 is 1.85 bits per heavy atom. The predicted molar refractivity (Wildman–Crippen MR) is 98.7 cm³/mol. The van der Waals surface area contributed by atoms with Gasteiger partial charge in [-0.05, 0) is 42.3 Å². The van der Waals surface area contributed by atoms with Gasteiger partial charge in [-0.3, -0.25) is 14.4 Å². The van der Waals surface area contributed by atoms with Gasteiger partial charge in [-0.25, -0.2) is 4.98 Å². The molecule has 0 saturated carbocycles. The number of amides is 3. The van der Waals surface area contributed by atoms with Gasteiger partial charge in [0.1, 0.15) is 11.5 Å². The highest BCUT2D eigenvalue weighted by atomic mass is 16.2. The number of aromatic nitrogens is 1. The van der Waals surface area contributed by atoms with Crippen molar-refractivity contribution in [3.8, 4) is 0 Å². The van der Waals surface area contributed by atoms with Crippen molar-refractivity contribution in [3.05, 3.63) is 53.2 Å². The van der Waals surface area contributed by atoms with E-state index in [0.29, 0.717) is 0 Å². The number of carbonyl (C=O) groups excluding carboxylic acids is 3. The number of benzene rings is 1. The molecule has 0 saturated heterocycles. The Morgan fingerprint density at radius 3 is 2.46 bits per heavy atom. The fraction of sp³-hybridized carbons (Fsp3) is 0.222. The first-order chi connectivity index (χ1) is 12.3. The monoisotopic (exact) mass is 355 g/mol. The average Bonchev–Trinajstić information content (AvgIpc) is 2.60. The van der Waals surface area contributed by atoms with Gasteiger partial charge in [0.15, 0.2) is 0 Å². The van der Waals surface area contributed by atoms with Gasteiger partial charge in [0.25, 0.3) is 5.91 Å². The average molecular weight is 355 g/mol. The van der Waals surface area contributed by atoms with Gasteiger partial charge < -0.3 is 21.3 Å². The minimum absolute atomic E-state index is 0.000171. The van der Waals surface area contributed by atoms with Gasteiger partial charge in [0.2, 0.25) is 0 Å². The molecule has 2 aromatic rings. The van der Waals surface area contributed by atoms with E-state index in [9.17, 15) is 14.4 Å². The van der Waals surface area contributed by atoms with Crippen LogP contribution in [0.5, 0.6) is 0 Å². The van der Waals surface area contributed by atoms with Gasteiger partial charge in [-0.2, -0.15) is 0 Å². The number of carbonyl (C=O) groups is 3. The highest BCUT2D eigenvalue weighted by Crippen LogP contribution is 2.17. The maximum absolute atomic E-state index is 12.0. The SMILES string of the molecule is Cc1cc(N(C)C)ccc1CNC(=O)C(=O)Nc1cccc(C(N)=O)n1. The second-order valence-corrected chi connectivity index (χ2v) is 5.91. The lowest BCUT2D eigenvalue weighted by Gasteiger charge is -2.15. The molecule has 3 amide bonds. The molecular weight excluding hydrogens is 334 g/mol. The quantitative estimate of drug-likeness (QED) is 0.686. The van der Waals surface area contributed by atoms with E-state index < -0.39 is 17.7 Å². The molecule has 0 spiro atoms. The third-order valence-electron chi connectivity index (χ3n) is 3.73. The molecule has 0 radical (unpaired) electrons. The topological polar surface area (TPSA) is 117 Å². The van der Waals surface area contributed by atoms with Crippen molar-refractivity contribution in [2.24, 2.45) is 5.73 Å². The Hall–Kier alpha value is -3.42. The summed E-state index contributed by atoms with van der Waals surface area (Å²) in [6, 6.07) is 10.2. The lowest BCUT2D eigenvalue weighted by molar-refractivity contribution is -0.136. The first-order valence-corrected chi connectivity index (χ1v) is 7.91. The molecule has 0 fully saturated rings. The van der Waals surface area contributed by atoms with Crippen LogP contribution in [0.2, 0.25) is 0 Å². The van der Waals surface area contributed by atoms with Crippen molar-refractivity contribution in [2.45, 2.75) is 13.5 Å². The van der Waals surface area contributed by atoms with Gasteiger partial charge >= 0.3 is 11.8 Å². The Labute approximate surface area is 151 Å². The van der Waals surface area contributed by atoms with Crippen LogP contribution in [-0.4, -0.2) is 36.8 Å². The zero-order valence-corrected chi connectivity index (χ0v) is 14.9. The molecule has 8 nitrogen and oxygen atoms in total. The third kappa shape index (κ3) is 4.79. The first-order valence-electron chi connectivity index (χ1n) is 7.91. The molecule has 0 bridgehead atoms. The molecule has 1 heterocycles. The molecule has 26 heavy (non-hydrogen) atoms. The number of primary amides is 1. The molecular formula is C18H21N5O3. The van der Waals surface area contributed by atoms with Gasteiger partial charge in [-0.1, -0.05) is 12.1 Å². The molecule has 0 aliphatic carbocycles. The second-order valence-electron chi connectivity index (χ2n) is 5.91. The number of nitrogens with zero attached hydrogens (tertiary/aromatic N) is 2. The van der Waals surface area contributed by atoms with E-state index in [0.717, 1.165) is 16.8 Å². The molecule has 4 N–H and O–H groups in total. The van der Waals surface area contributed by atoms with Crippen molar-refractivity contribution >= 4 is 29.2 Å². The van der Waals surface area contributed by atoms with Crippen LogP contribution in [0, 0.1) is 6.92 Å². The number of nitrogens with one attached hydrogen (secondary N) is 2. The molecule has 1 aromatic heterocycles. The summed E-state index contributed by atoms with van der Waals surface area (Å²) in [5, 5.41) is 4.90. The Bertz CT molecular complexity index is 848. The van der Waals surface area contributed by atoms with Crippen LogP contribution in [0.3, 0.4) is 0 Å². The Kier molecular flexibility index (Phi) is 5.90. The van der Waals surface area contributed by atoms with Crippen molar-refractivity contribution < 1.29 is 14.4 Å². The highest BCUT2D eigenvalue weighted by Gasteiger charge is 2.15. The summed E-state index contributed by atoms with van der Waals surface area (Å²) < 4.78 is 0. The lowest BCUT2D eigenvalue weighted by atomic mass is 10.1. The van der Waals surface area contributed by atoms with Crippen LogP contribution in [0.4, 0.5) is 11.5 Å². The van der Waals surface area contributed by atoms with E-state index in [-0.39, 0.29) is 18.1 Å². The number of nitrogens with two attached hydrogens (primary N) is 1. The van der Waals surface area contributed by atoms with E-state index >= 15 is 0 Å². The molecule has 136 valence electrons. The van der Waals surface area contributed by atoms with Crippen LogP contribution in [-0.2, 0) is 16.1 Å². The Morgan fingerprint density at radius 1 is 1.12 bits per heavy atom. The van der Waals surface area contributed by atoms with E-state index in [4.69, 9.17) is 5.73 Å². The zero-order valence-electron chi connectivity index (χ0n) is 14.9. The van der Waals surface area contributed by atoms with Gasteiger partial charge in [-0.15, -0.1) is 0 Å². The van der Waals surface area contributed by atoms with Crippen molar-refractivity contribution in [1.82, 2.24) is 10.3 Å². The van der Waals surface area contributed by atoms with Crippen molar-refractivity contribution in [2.75, 3.05) is 24.3 Å². The van der Waals surface area contributed by atoms with Gasteiger partial charge in [0.05, 0.1) is 0 Å². The van der Waals surface area contributed by atoms with Crippen molar-refractivity contribution in [3.63, 3.8) is 0 Å². The maximum atomic E-state index is 12.0. The van der Waals surface area contributed by atoms with Crippen molar-refractivity contribution in [1.29, 1.82) is 0 Å². The molecule has 0 aliphatic heterocycles. The smallest absolute Gasteiger partial charge is 0.314 e. The fourth-order valence-corrected chi connectivity index (χ4v) is 2.23. The summed E-state index contributed by atoms with van der Waals surface area (Å²) in [5.74, 6) is -2.32. The zero-order chi connectivity index (χ0) is 19.3. The van der Waals surface area contributed by atoms with E-state index in [2.05, 4.69) is 15.6 Å². The molecule has 2 rings (SSSR count). The van der Waals surface area contributed by atoms with E-state index in [1.807, 2.05) is 44.1 Å². The summed E-state index contributed by atoms with van der Waals surface area (Å²) in [6.07, 6.45) is 0. The van der Waals surface area contributed by atoms with Crippen LogP contribution in [0.1, 0.15) is 21.6 Å². The van der Waals surface area contributed by atoms with Crippen LogP contribution in [0.15, 0.2) is 36.4 Å². The number of hydrogen-bond acceptors (Lipinski definition) is 5. The molecule has 0 unspecified atom stereocenters. The van der Waals surface area contributed by atoms with Gasteiger partial charge in [0, 0.05) is 26.3 Å². The minimum atomic E-state index is -0.873. The lowest BCUT2D eigenvalue weighted by Crippen LogP contribution is -2.35. The summed E-state index contributed by atoms with van der Waals surface area (Å²) in [7, 11) is 3.89. The normalized spacial score (nSPS) is 10.1. The third-order valence-corrected chi connectivity index (χ3v) is 3.73. The number of rotatable bonds is 5. The maximum Gasteiger partial charge on any atom is 0.314 e. The van der Waals surface area contributed by atoms with Crippen LogP contribution in [0.25, 0.3) is 0 Å².